The molecule has 276 valence electrons. The molecule has 0 aliphatic rings. The molecule has 2 amide bonds. The van der Waals surface area contributed by atoms with E-state index in [0.29, 0.717) is 22.4 Å². The molecule has 15 heteroatoms. The Bertz CT molecular complexity index is 2020. The third-order valence-electron chi connectivity index (χ3n) is 7.98. The molecule has 0 fully saturated rings. The van der Waals surface area contributed by atoms with Gasteiger partial charge in [0.2, 0.25) is 5.91 Å². The van der Waals surface area contributed by atoms with Crippen LogP contribution in [0.15, 0.2) is 53.3 Å². The molecule has 0 aliphatic heterocycles. The fourth-order valence-electron chi connectivity index (χ4n) is 5.51. The summed E-state index contributed by atoms with van der Waals surface area (Å²) in [5, 5.41) is 10.1. The monoisotopic (exact) mass is 719 g/mol. The zero-order valence-electron chi connectivity index (χ0n) is 29.4. The molecule has 0 spiro atoms. The zero-order valence-corrected chi connectivity index (χ0v) is 29.4. The van der Waals surface area contributed by atoms with Crippen molar-refractivity contribution in [3.05, 3.63) is 81.7 Å². The molecule has 1 heterocycles. The van der Waals surface area contributed by atoms with Crippen LogP contribution >= 0.6 is 0 Å². The summed E-state index contributed by atoms with van der Waals surface area (Å²) in [6.07, 6.45) is -0.832. The van der Waals surface area contributed by atoms with Gasteiger partial charge in [0.25, 0.3) is 11.5 Å². The molecule has 4 N–H and O–H groups in total. The topological polar surface area (TPSA) is 195 Å². The lowest BCUT2D eigenvalue weighted by molar-refractivity contribution is -0.149. The first-order chi connectivity index (χ1) is 24.9. The Kier molecular flexibility index (Phi) is 13.8. The van der Waals surface area contributed by atoms with Crippen LogP contribution < -0.4 is 21.5 Å². The molecular formula is C37H42FN5O9. The van der Waals surface area contributed by atoms with E-state index in [9.17, 15) is 28.8 Å². The largest absolute Gasteiger partial charge is 0.466 e. The van der Waals surface area contributed by atoms with Crippen LogP contribution in [0.3, 0.4) is 0 Å². The number of halogens is 1. The van der Waals surface area contributed by atoms with E-state index in [4.69, 9.17) is 14.2 Å². The average molecular weight is 720 g/mol. The van der Waals surface area contributed by atoms with Gasteiger partial charge in [-0.15, -0.1) is 0 Å². The summed E-state index contributed by atoms with van der Waals surface area (Å²) in [6, 6.07) is 10.5. The Morgan fingerprint density at radius 3 is 2.13 bits per heavy atom. The summed E-state index contributed by atoms with van der Waals surface area (Å²) in [5.74, 6) is -4.18. The quantitative estimate of drug-likeness (QED) is 0.0701. The van der Waals surface area contributed by atoms with E-state index in [1.54, 1.807) is 33.8 Å². The number of amides is 2. The lowest BCUT2D eigenvalue weighted by atomic mass is 10.0. The number of nitrogens with zero attached hydrogens (tertiary/aromatic N) is 1. The molecule has 14 nitrogen and oxygen atoms in total. The number of H-pyrrole nitrogens is 1. The number of fused-ring (bicyclic) bond motifs is 3. The molecule has 0 bridgehead atoms. The van der Waals surface area contributed by atoms with Crippen molar-refractivity contribution in [3.63, 3.8) is 0 Å². The van der Waals surface area contributed by atoms with Gasteiger partial charge in [-0.2, -0.15) is 0 Å². The van der Waals surface area contributed by atoms with Crippen molar-refractivity contribution in [1.29, 1.82) is 0 Å². The number of rotatable bonds is 17. The first-order valence-electron chi connectivity index (χ1n) is 17.0. The third-order valence-corrected chi connectivity index (χ3v) is 7.98. The van der Waals surface area contributed by atoms with Gasteiger partial charge in [0.15, 0.2) is 0 Å². The maximum atomic E-state index is 15.4. The number of carbonyl (C=O) groups excluding carboxylic acids is 5. The number of esters is 3. The lowest BCUT2D eigenvalue weighted by Gasteiger charge is -2.22. The lowest BCUT2D eigenvalue weighted by Crippen LogP contribution is -2.52. The third kappa shape index (κ3) is 10.3. The van der Waals surface area contributed by atoms with Gasteiger partial charge in [0, 0.05) is 25.1 Å². The van der Waals surface area contributed by atoms with E-state index in [2.05, 4.69) is 25.9 Å². The van der Waals surface area contributed by atoms with E-state index in [1.807, 2.05) is 24.3 Å². The van der Waals surface area contributed by atoms with Crippen LogP contribution in [0.4, 0.5) is 10.1 Å². The van der Waals surface area contributed by atoms with Crippen LogP contribution in [-0.2, 0) is 39.9 Å². The van der Waals surface area contributed by atoms with Crippen LogP contribution in [0.1, 0.15) is 68.2 Å². The standard InChI is InChI=1S/C37H42FN5O9/c1-5-50-31(44)16-14-29(35(47)43-30(37(49)52-7-3)15-17-32(45)51-6-2)42-34(46)25-12-11-24(19-27(25)38)39-20-22-8-9-23-10-13-28-33(26(23)18-22)36(48)41-21(4)40-28/h8-13,18-19,29-30,39H,5-7,14-17,20H2,1-4H3,(H,42,46)(H,43,47)(H,40,41,48)/t29-,30-/m0/s1. The number of nitrogens with one attached hydrogen (secondary N) is 4. The fraction of sp³-hybridized carbons (Fsp3) is 0.378. The first-order valence-corrected chi connectivity index (χ1v) is 17.0. The molecule has 0 aliphatic carbocycles. The molecule has 0 radical (unpaired) electrons. The molecule has 4 aromatic rings. The molecule has 0 saturated heterocycles. The Morgan fingerprint density at radius 1 is 0.827 bits per heavy atom. The van der Waals surface area contributed by atoms with Gasteiger partial charge in [-0.3, -0.25) is 24.0 Å². The van der Waals surface area contributed by atoms with Gasteiger partial charge in [0.1, 0.15) is 23.7 Å². The Morgan fingerprint density at radius 2 is 1.48 bits per heavy atom. The van der Waals surface area contributed by atoms with Gasteiger partial charge in [-0.25, -0.2) is 14.2 Å². The number of benzene rings is 3. The predicted molar refractivity (Wildman–Crippen MR) is 190 cm³/mol. The number of hydrogen-bond acceptors (Lipinski definition) is 11. The summed E-state index contributed by atoms with van der Waals surface area (Å²) >= 11 is 0. The number of aromatic amines is 1. The molecule has 3 aromatic carbocycles. The molecule has 52 heavy (non-hydrogen) atoms. The van der Waals surface area contributed by atoms with E-state index < -0.39 is 47.6 Å². The number of hydrogen-bond donors (Lipinski definition) is 4. The minimum Gasteiger partial charge on any atom is -0.466 e. The summed E-state index contributed by atoms with van der Waals surface area (Å²) in [5.41, 5.74) is 1.12. The number of anilines is 1. The molecule has 4 rings (SSSR count). The highest BCUT2D eigenvalue weighted by Gasteiger charge is 2.29. The summed E-state index contributed by atoms with van der Waals surface area (Å²) in [4.78, 5) is 83.2. The maximum absolute atomic E-state index is 15.4. The fourth-order valence-corrected chi connectivity index (χ4v) is 5.51. The summed E-state index contributed by atoms with van der Waals surface area (Å²) < 4.78 is 30.2. The van der Waals surface area contributed by atoms with Crippen molar-refractivity contribution in [2.75, 3.05) is 25.1 Å². The number of carbonyl (C=O) groups is 5. The van der Waals surface area contributed by atoms with Gasteiger partial charge in [-0.05, 0) is 87.2 Å². The molecular weight excluding hydrogens is 677 g/mol. The summed E-state index contributed by atoms with van der Waals surface area (Å²) in [6.45, 7) is 7.04. The van der Waals surface area contributed by atoms with Gasteiger partial charge in [0.05, 0.1) is 36.3 Å². The first kappa shape index (κ1) is 38.9. The minimum atomic E-state index is -1.39. The molecule has 0 unspecified atom stereocenters. The number of aryl methyl sites for hydroxylation is 1. The van der Waals surface area contributed by atoms with E-state index in [1.165, 1.54) is 12.1 Å². The van der Waals surface area contributed by atoms with Crippen molar-refractivity contribution in [2.45, 2.75) is 72.0 Å². The highest BCUT2D eigenvalue weighted by Crippen LogP contribution is 2.24. The van der Waals surface area contributed by atoms with Crippen LogP contribution in [0.25, 0.3) is 21.7 Å². The second-order valence-electron chi connectivity index (χ2n) is 11.7. The van der Waals surface area contributed by atoms with Crippen molar-refractivity contribution < 1.29 is 42.6 Å². The predicted octanol–water partition coefficient (Wildman–Crippen LogP) is 3.97. The zero-order chi connectivity index (χ0) is 37.8. The van der Waals surface area contributed by atoms with E-state index in [0.717, 1.165) is 22.4 Å². The van der Waals surface area contributed by atoms with Gasteiger partial charge >= 0.3 is 17.9 Å². The minimum absolute atomic E-state index is 0.00971. The van der Waals surface area contributed by atoms with Crippen molar-refractivity contribution >= 4 is 57.1 Å². The Balaban J connectivity index is 1.48. The Labute approximate surface area is 298 Å². The van der Waals surface area contributed by atoms with Crippen molar-refractivity contribution in [3.8, 4) is 0 Å². The normalized spacial score (nSPS) is 12.1. The highest BCUT2D eigenvalue weighted by atomic mass is 19.1. The highest BCUT2D eigenvalue weighted by molar-refractivity contribution is 6.06. The van der Waals surface area contributed by atoms with Crippen LogP contribution in [0, 0.1) is 12.7 Å². The smallest absolute Gasteiger partial charge is 0.328 e. The van der Waals surface area contributed by atoms with Crippen LogP contribution in [0.2, 0.25) is 0 Å². The summed E-state index contributed by atoms with van der Waals surface area (Å²) in [7, 11) is 0. The van der Waals surface area contributed by atoms with Gasteiger partial charge < -0.3 is 35.1 Å². The molecule has 1 aromatic heterocycles. The van der Waals surface area contributed by atoms with Crippen LogP contribution in [0.5, 0.6) is 0 Å². The van der Waals surface area contributed by atoms with E-state index >= 15 is 4.39 Å². The van der Waals surface area contributed by atoms with Gasteiger partial charge in [-0.1, -0.05) is 18.2 Å². The van der Waals surface area contributed by atoms with Crippen LogP contribution in [-0.4, -0.2) is 71.6 Å². The SMILES string of the molecule is CCOC(=O)CC[C@H](NC(=O)c1ccc(NCc2ccc3ccc4nc(C)[nH]c(=O)c4c3c2)cc1F)C(=O)N[C@@H](CCC(=O)OCC)C(=O)OCC. The number of ether oxygens (including phenoxy) is 3. The van der Waals surface area contributed by atoms with Crippen molar-refractivity contribution in [2.24, 2.45) is 0 Å². The molecule has 0 saturated carbocycles. The molecule has 2 atom stereocenters. The van der Waals surface area contributed by atoms with Crippen molar-refractivity contribution in [1.82, 2.24) is 20.6 Å². The number of aromatic nitrogens is 2. The second kappa shape index (κ2) is 18.4. The van der Waals surface area contributed by atoms with E-state index in [-0.39, 0.29) is 63.2 Å². The second-order valence-corrected chi connectivity index (χ2v) is 11.7. The average Bonchev–Trinajstić information content (AvgIpc) is 3.10. The maximum Gasteiger partial charge on any atom is 0.328 e. The Hall–Kier alpha value is -5.86.